The van der Waals surface area contributed by atoms with E-state index in [0.29, 0.717) is 6.54 Å². The minimum atomic E-state index is -0.370. The molecule has 1 heterocycles. The van der Waals surface area contributed by atoms with Gasteiger partial charge in [0.15, 0.2) is 0 Å². The van der Waals surface area contributed by atoms with Gasteiger partial charge in [0.05, 0.1) is 9.70 Å². The zero-order valence-corrected chi connectivity index (χ0v) is 13.3. The summed E-state index contributed by atoms with van der Waals surface area (Å²) >= 11 is 4.97. The predicted molar refractivity (Wildman–Crippen MR) is 79.0 cm³/mol. The molecule has 1 unspecified atom stereocenters. The van der Waals surface area contributed by atoms with E-state index in [-0.39, 0.29) is 29.8 Å². The molecule has 0 aromatic carbocycles. The van der Waals surface area contributed by atoms with Crippen LogP contribution in [0.1, 0.15) is 31.6 Å². The van der Waals surface area contributed by atoms with Gasteiger partial charge in [0.25, 0.3) is 0 Å². The Morgan fingerprint density at radius 2 is 2.18 bits per heavy atom. The van der Waals surface area contributed by atoms with E-state index >= 15 is 0 Å². The van der Waals surface area contributed by atoms with E-state index in [9.17, 15) is 4.79 Å². The Balaban J connectivity index is 0.00000256. The van der Waals surface area contributed by atoms with Crippen LogP contribution in [-0.2, 0) is 4.79 Å². The molecular weight excluding hydrogens is 324 g/mol. The number of amides is 1. The molecule has 0 spiro atoms. The summed E-state index contributed by atoms with van der Waals surface area (Å²) in [5.41, 5.74) is 5.44. The summed E-state index contributed by atoms with van der Waals surface area (Å²) in [6, 6.07) is 3.92. The SMILES string of the molecule is CC(C(=O)NCC(C)(C)N)c1ccc(Br)s1.Cl. The van der Waals surface area contributed by atoms with Gasteiger partial charge in [-0.1, -0.05) is 0 Å². The second kappa shape index (κ2) is 6.73. The molecule has 1 aromatic heterocycles. The average Bonchev–Trinajstić information content (AvgIpc) is 2.59. The Morgan fingerprint density at radius 1 is 1.59 bits per heavy atom. The van der Waals surface area contributed by atoms with Gasteiger partial charge in [0.2, 0.25) is 5.91 Å². The van der Waals surface area contributed by atoms with Crippen LogP contribution in [0.5, 0.6) is 0 Å². The van der Waals surface area contributed by atoms with Crippen LogP contribution in [0, 0.1) is 0 Å². The van der Waals surface area contributed by atoms with Crippen molar-refractivity contribution in [1.29, 1.82) is 0 Å². The quantitative estimate of drug-likeness (QED) is 0.884. The lowest BCUT2D eigenvalue weighted by Crippen LogP contribution is -2.45. The number of halogens is 2. The molecule has 0 saturated heterocycles. The van der Waals surface area contributed by atoms with Gasteiger partial charge in [-0.2, -0.15) is 0 Å². The summed E-state index contributed by atoms with van der Waals surface area (Å²) in [5.74, 6) is -0.105. The standard InChI is InChI=1S/C11H17BrN2OS.ClH/c1-7(8-4-5-9(12)16-8)10(15)14-6-11(2,3)13;/h4-5,7H,6,13H2,1-3H3,(H,14,15);1H. The van der Waals surface area contributed by atoms with Crippen molar-refractivity contribution in [2.45, 2.75) is 32.2 Å². The van der Waals surface area contributed by atoms with Crippen LogP contribution < -0.4 is 11.1 Å². The Morgan fingerprint density at radius 3 is 2.59 bits per heavy atom. The molecule has 0 radical (unpaired) electrons. The average molecular weight is 342 g/mol. The largest absolute Gasteiger partial charge is 0.354 e. The number of nitrogens with two attached hydrogens (primary N) is 1. The smallest absolute Gasteiger partial charge is 0.228 e. The molecule has 0 aliphatic rings. The first kappa shape index (κ1) is 16.9. The van der Waals surface area contributed by atoms with E-state index in [1.165, 1.54) is 0 Å². The summed E-state index contributed by atoms with van der Waals surface area (Å²) in [6.45, 7) is 6.17. The minimum absolute atomic E-state index is 0. The number of hydrogen-bond donors (Lipinski definition) is 2. The predicted octanol–water partition coefficient (Wildman–Crippen LogP) is 2.89. The molecule has 3 nitrogen and oxygen atoms in total. The first-order valence-corrected chi connectivity index (χ1v) is 6.72. The molecule has 3 N–H and O–H groups in total. The van der Waals surface area contributed by atoms with Gasteiger partial charge in [-0.15, -0.1) is 23.7 Å². The maximum absolute atomic E-state index is 11.8. The van der Waals surface area contributed by atoms with Gasteiger partial charge in [0, 0.05) is 17.0 Å². The van der Waals surface area contributed by atoms with Crippen LogP contribution >= 0.6 is 39.7 Å². The third-order valence-corrected chi connectivity index (χ3v) is 3.94. The van der Waals surface area contributed by atoms with Crippen molar-refractivity contribution >= 4 is 45.6 Å². The number of carbonyl (C=O) groups is 1. The fourth-order valence-electron chi connectivity index (χ4n) is 1.16. The molecule has 1 aromatic rings. The fraction of sp³-hybridized carbons (Fsp3) is 0.545. The monoisotopic (exact) mass is 340 g/mol. The molecule has 0 bridgehead atoms. The number of rotatable bonds is 4. The topological polar surface area (TPSA) is 55.1 Å². The first-order valence-electron chi connectivity index (χ1n) is 5.11. The molecule has 98 valence electrons. The van der Waals surface area contributed by atoms with Gasteiger partial charge < -0.3 is 11.1 Å². The summed E-state index contributed by atoms with van der Waals surface area (Å²) in [4.78, 5) is 12.9. The maximum Gasteiger partial charge on any atom is 0.228 e. The molecule has 0 aliphatic heterocycles. The molecule has 1 rings (SSSR count). The van der Waals surface area contributed by atoms with Crippen LogP contribution in [0.25, 0.3) is 0 Å². The van der Waals surface area contributed by atoms with Crippen LogP contribution in [0.3, 0.4) is 0 Å². The zero-order chi connectivity index (χ0) is 12.3. The molecule has 0 aliphatic carbocycles. The highest BCUT2D eigenvalue weighted by atomic mass is 79.9. The summed E-state index contributed by atoms with van der Waals surface area (Å²) < 4.78 is 1.04. The summed E-state index contributed by atoms with van der Waals surface area (Å²) in [6.07, 6.45) is 0. The van der Waals surface area contributed by atoms with E-state index in [2.05, 4.69) is 21.2 Å². The van der Waals surface area contributed by atoms with Gasteiger partial charge in [-0.3, -0.25) is 4.79 Å². The lowest BCUT2D eigenvalue weighted by atomic mass is 10.1. The first-order chi connectivity index (χ1) is 7.29. The second-order valence-corrected chi connectivity index (χ2v) is 7.06. The normalized spacial score (nSPS) is 12.8. The highest BCUT2D eigenvalue weighted by molar-refractivity contribution is 9.11. The second-order valence-electron chi connectivity index (χ2n) is 4.57. The van der Waals surface area contributed by atoms with E-state index in [1.807, 2.05) is 32.9 Å². The number of hydrogen-bond acceptors (Lipinski definition) is 3. The van der Waals surface area contributed by atoms with Crippen molar-refractivity contribution < 1.29 is 4.79 Å². The Bertz CT molecular complexity index is 376. The lowest BCUT2D eigenvalue weighted by molar-refractivity contribution is -0.122. The van der Waals surface area contributed by atoms with Crippen LogP contribution in [0.2, 0.25) is 0 Å². The molecule has 0 saturated carbocycles. The van der Waals surface area contributed by atoms with Gasteiger partial charge in [0.1, 0.15) is 0 Å². The third-order valence-electron chi connectivity index (χ3n) is 2.13. The maximum atomic E-state index is 11.8. The molecule has 17 heavy (non-hydrogen) atoms. The zero-order valence-electron chi connectivity index (χ0n) is 10.1. The molecule has 6 heteroatoms. The van der Waals surface area contributed by atoms with Crippen LogP contribution in [0.15, 0.2) is 15.9 Å². The molecule has 0 fully saturated rings. The molecule has 1 amide bonds. The van der Waals surface area contributed by atoms with Gasteiger partial charge in [-0.05, 0) is 48.8 Å². The van der Waals surface area contributed by atoms with Crippen molar-refractivity contribution in [3.63, 3.8) is 0 Å². The lowest BCUT2D eigenvalue weighted by Gasteiger charge is -2.20. The van der Waals surface area contributed by atoms with E-state index in [4.69, 9.17) is 5.73 Å². The number of carbonyl (C=O) groups excluding carboxylic acids is 1. The summed E-state index contributed by atoms with van der Waals surface area (Å²) in [5, 5.41) is 2.86. The highest BCUT2D eigenvalue weighted by Crippen LogP contribution is 2.28. The van der Waals surface area contributed by atoms with Crippen molar-refractivity contribution in [3.8, 4) is 0 Å². The van der Waals surface area contributed by atoms with Crippen molar-refractivity contribution in [2.75, 3.05) is 6.54 Å². The number of thiophene rings is 1. The molecular formula is C11H18BrClN2OS. The van der Waals surface area contributed by atoms with E-state index in [0.717, 1.165) is 8.66 Å². The van der Waals surface area contributed by atoms with Crippen molar-refractivity contribution in [1.82, 2.24) is 5.32 Å². The Kier molecular flexibility index (Phi) is 6.69. The van der Waals surface area contributed by atoms with Crippen molar-refractivity contribution in [3.05, 3.63) is 20.8 Å². The van der Waals surface area contributed by atoms with Crippen LogP contribution in [-0.4, -0.2) is 18.0 Å². The van der Waals surface area contributed by atoms with Crippen molar-refractivity contribution in [2.24, 2.45) is 5.73 Å². The van der Waals surface area contributed by atoms with E-state index in [1.54, 1.807) is 11.3 Å². The molecule has 1 atom stereocenters. The van der Waals surface area contributed by atoms with Crippen LogP contribution in [0.4, 0.5) is 0 Å². The Hall–Kier alpha value is -0.100. The highest BCUT2D eigenvalue weighted by Gasteiger charge is 2.19. The Labute approximate surface area is 121 Å². The van der Waals surface area contributed by atoms with E-state index < -0.39 is 0 Å². The van der Waals surface area contributed by atoms with Gasteiger partial charge in [-0.25, -0.2) is 0 Å². The minimum Gasteiger partial charge on any atom is -0.354 e. The fourth-order valence-corrected chi connectivity index (χ4v) is 2.63. The summed E-state index contributed by atoms with van der Waals surface area (Å²) in [7, 11) is 0. The van der Waals surface area contributed by atoms with Gasteiger partial charge >= 0.3 is 0 Å². The number of nitrogens with one attached hydrogen (secondary N) is 1. The third kappa shape index (κ3) is 5.86.